The van der Waals surface area contributed by atoms with Crippen LogP contribution < -0.4 is 0 Å². The minimum Gasteiger partial charge on any atom is -0.481 e. The third kappa shape index (κ3) is 15.9. The largest absolute Gasteiger partial charge is 0.481 e. The number of carbonyl (C=O) groups is 1. The Morgan fingerprint density at radius 1 is 0.760 bits per heavy atom. The van der Waals surface area contributed by atoms with Crippen LogP contribution in [0.1, 0.15) is 117 Å². The maximum absolute atomic E-state index is 11.6. The second-order valence-corrected chi connectivity index (χ2v) is 8.52. The molecule has 0 aromatic heterocycles. The van der Waals surface area contributed by atoms with Gasteiger partial charge in [-0.1, -0.05) is 113 Å². The third-order valence-corrected chi connectivity index (χ3v) is 5.90. The summed E-state index contributed by atoms with van der Waals surface area (Å²) < 4.78 is 0. The quantitative estimate of drug-likeness (QED) is 0.170. The van der Waals surface area contributed by atoms with E-state index in [1.54, 1.807) is 0 Å². The summed E-state index contributed by atoms with van der Waals surface area (Å²) in [6.07, 6.45) is 19.5. The number of alkyl halides is 1. The van der Waals surface area contributed by atoms with E-state index in [0.29, 0.717) is 5.92 Å². The van der Waals surface area contributed by atoms with E-state index in [1.165, 1.54) is 77.0 Å². The number of unbranched alkanes of at least 4 members (excludes halogenated alkanes) is 9. The maximum atomic E-state index is 11.6. The summed E-state index contributed by atoms with van der Waals surface area (Å²) in [5, 5.41) is 10.6. The summed E-state index contributed by atoms with van der Waals surface area (Å²) in [5.41, 5.74) is 0. The van der Waals surface area contributed by atoms with Gasteiger partial charge in [-0.2, -0.15) is 0 Å². The molecule has 0 amide bonds. The average Bonchev–Trinajstić information content (AvgIpc) is 2.60. The number of hydrogen-bond acceptors (Lipinski definition) is 1. The van der Waals surface area contributed by atoms with Crippen LogP contribution in [-0.4, -0.2) is 16.4 Å². The standard InChI is InChI=1S/C22H43BrO2/c1-3-5-7-9-10-12-16-20(15-11-8-6-4-2)19-21(22(24)25)17-13-14-18-23/h20-21H,3-19H2,1-2H3,(H,24,25). The summed E-state index contributed by atoms with van der Waals surface area (Å²) in [7, 11) is 0. The van der Waals surface area contributed by atoms with Crippen molar-refractivity contribution in [2.75, 3.05) is 5.33 Å². The molecular weight excluding hydrogens is 376 g/mol. The first-order chi connectivity index (χ1) is 12.2. The zero-order chi connectivity index (χ0) is 18.8. The molecule has 0 aliphatic rings. The van der Waals surface area contributed by atoms with Gasteiger partial charge >= 0.3 is 5.97 Å². The zero-order valence-electron chi connectivity index (χ0n) is 16.9. The molecule has 150 valence electrons. The Morgan fingerprint density at radius 2 is 1.24 bits per heavy atom. The van der Waals surface area contributed by atoms with Gasteiger partial charge in [0, 0.05) is 5.33 Å². The Labute approximate surface area is 165 Å². The van der Waals surface area contributed by atoms with Crippen molar-refractivity contribution in [1.29, 1.82) is 0 Å². The van der Waals surface area contributed by atoms with E-state index in [2.05, 4.69) is 29.8 Å². The topological polar surface area (TPSA) is 37.3 Å². The van der Waals surface area contributed by atoms with Crippen LogP contribution in [-0.2, 0) is 4.79 Å². The van der Waals surface area contributed by atoms with Gasteiger partial charge in [0.15, 0.2) is 0 Å². The first-order valence-corrected chi connectivity index (χ1v) is 12.1. The highest BCUT2D eigenvalue weighted by atomic mass is 79.9. The predicted octanol–water partition coefficient (Wildman–Crippen LogP) is 7.98. The molecular formula is C22H43BrO2. The molecule has 0 saturated carbocycles. The van der Waals surface area contributed by atoms with Gasteiger partial charge in [-0.25, -0.2) is 0 Å². The monoisotopic (exact) mass is 418 g/mol. The maximum Gasteiger partial charge on any atom is 0.306 e. The molecule has 0 aliphatic carbocycles. The molecule has 3 heteroatoms. The van der Waals surface area contributed by atoms with Gasteiger partial charge in [-0.15, -0.1) is 0 Å². The molecule has 2 unspecified atom stereocenters. The smallest absolute Gasteiger partial charge is 0.306 e. The van der Waals surface area contributed by atoms with Crippen molar-refractivity contribution in [2.45, 2.75) is 117 Å². The molecule has 2 atom stereocenters. The molecule has 0 saturated heterocycles. The molecule has 2 nitrogen and oxygen atoms in total. The molecule has 0 aliphatic heterocycles. The van der Waals surface area contributed by atoms with E-state index in [4.69, 9.17) is 0 Å². The van der Waals surface area contributed by atoms with E-state index in [-0.39, 0.29) is 5.92 Å². The molecule has 0 spiro atoms. The van der Waals surface area contributed by atoms with Crippen LogP contribution in [0.5, 0.6) is 0 Å². The summed E-state index contributed by atoms with van der Waals surface area (Å²) in [5.74, 6) is -0.0838. The average molecular weight is 419 g/mol. The fourth-order valence-corrected chi connectivity index (χ4v) is 4.08. The minimum atomic E-state index is -0.573. The van der Waals surface area contributed by atoms with Crippen LogP contribution in [0.2, 0.25) is 0 Å². The minimum absolute atomic E-state index is 0.129. The fourth-order valence-electron chi connectivity index (χ4n) is 3.68. The molecule has 0 heterocycles. The van der Waals surface area contributed by atoms with Crippen molar-refractivity contribution in [3.05, 3.63) is 0 Å². The lowest BCUT2D eigenvalue weighted by molar-refractivity contribution is -0.142. The van der Waals surface area contributed by atoms with Gasteiger partial charge in [-0.3, -0.25) is 4.79 Å². The van der Waals surface area contributed by atoms with E-state index in [1.807, 2.05) is 0 Å². The number of aliphatic carboxylic acids is 1. The van der Waals surface area contributed by atoms with E-state index in [9.17, 15) is 9.90 Å². The molecule has 0 rings (SSSR count). The molecule has 25 heavy (non-hydrogen) atoms. The highest BCUT2D eigenvalue weighted by Crippen LogP contribution is 2.28. The Balaban J connectivity index is 4.28. The lowest BCUT2D eigenvalue weighted by Crippen LogP contribution is -2.18. The highest BCUT2D eigenvalue weighted by molar-refractivity contribution is 9.09. The van der Waals surface area contributed by atoms with Crippen molar-refractivity contribution in [3.63, 3.8) is 0 Å². The van der Waals surface area contributed by atoms with E-state index < -0.39 is 5.97 Å². The number of rotatable bonds is 19. The highest BCUT2D eigenvalue weighted by Gasteiger charge is 2.22. The van der Waals surface area contributed by atoms with Crippen molar-refractivity contribution in [3.8, 4) is 0 Å². The van der Waals surface area contributed by atoms with Crippen LogP contribution in [0, 0.1) is 11.8 Å². The van der Waals surface area contributed by atoms with E-state index >= 15 is 0 Å². The van der Waals surface area contributed by atoms with Crippen LogP contribution in [0.25, 0.3) is 0 Å². The lowest BCUT2D eigenvalue weighted by atomic mass is 9.84. The van der Waals surface area contributed by atoms with Gasteiger partial charge in [0.05, 0.1) is 5.92 Å². The van der Waals surface area contributed by atoms with Crippen molar-refractivity contribution < 1.29 is 9.90 Å². The third-order valence-electron chi connectivity index (χ3n) is 5.34. The Morgan fingerprint density at radius 3 is 1.76 bits per heavy atom. The summed E-state index contributed by atoms with van der Waals surface area (Å²) in [6, 6.07) is 0. The van der Waals surface area contributed by atoms with Gasteiger partial charge in [0.2, 0.25) is 0 Å². The summed E-state index contributed by atoms with van der Waals surface area (Å²) >= 11 is 3.45. The Bertz CT molecular complexity index is 294. The first kappa shape index (κ1) is 24.9. The summed E-state index contributed by atoms with van der Waals surface area (Å²) in [6.45, 7) is 4.51. The van der Waals surface area contributed by atoms with Crippen molar-refractivity contribution in [2.24, 2.45) is 11.8 Å². The summed E-state index contributed by atoms with van der Waals surface area (Å²) in [4.78, 5) is 11.6. The SMILES string of the molecule is CCCCCCCCC(CCCCCC)CC(CCCCBr)C(=O)O. The second-order valence-electron chi connectivity index (χ2n) is 7.73. The normalized spacial score (nSPS) is 13.7. The van der Waals surface area contributed by atoms with Crippen molar-refractivity contribution in [1.82, 2.24) is 0 Å². The molecule has 0 aromatic carbocycles. The Kier molecular flexibility index (Phi) is 18.7. The van der Waals surface area contributed by atoms with Gasteiger partial charge < -0.3 is 5.11 Å². The lowest BCUT2D eigenvalue weighted by Gasteiger charge is -2.21. The van der Waals surface area contributed by atoms with Gasteiger partial charge in [0.25, 0.3) is 0 Å². The zero-order valence-corrected chi connectivity index (χ0v) is 18.5. The van der Waals surface area contributed by atoms with Crippen molar-refractivity contribution >= 4 is 21.9 Å². The first-order valence-electron chi connectivity index (χ1n) is 10.9. The van der Waals surface area contributed by atoms with Gasteiger partial charge in [0.1, 0.15) is 0 Å². The number of carboxylic acids is 1. The van der Waals surface area contributed by atoms with Crippen LogP contribution in [0.3, 0.4) is 0 Å². The van der Waals surface area contributed by atoms with Crippen LogP contribution >= 0.6 is 15.9 Å². The van der Waals surface area contributed by atoms with E-state index in [0.717, 1.165) is 31.0 Å². The molecule has 0 radical (unpaired) electrons. The Hall–Kier alpha value is -0.0500. The number of halogens is 1. The molecule has 1 N–H and O–H groups in total. The van der Waals surface area contributed by atoms with Crippen LogP contribution in [0.15, 0.2) is 0 Å². The molecule has 0 fully saturated rings. The number of carboxylic acid groups (broad SMARTS) is 1. The predicted molar refractivity (Wildman–Crippen MR) is 114 cm³/mol. The van der Waals surface area contributed by atoms with Gasteiger partial charge in [-0.05, 0) is 25.2 Å². The molecule has 0 bridgehead atoms. The second kappa shape index (κ2) is 18.7. The number of hydrogen-bond donors (Lipinski definition) is 1. The molecule has 0 aromatic rings. The fraction of sp³-hybridized carbons (Fsp3) is 0.955. The van der Waals surface area contributed by atoms with Crippen LogP contribution in [0.4, 0.5) is 0 Å².